The Balaban J connectivity index is 2.16. The summed E-state index contributed by atoms with van der Waals surface area (Å²) in [4.78, 5) is 2.96. The van der Waals surface area contributed by atoms with Crippen LogP contribution in [0.5, 0.6) is 0 Å². The largest absolute Gasteiger partial charge is 0.393 e. The maximum atomic E-state index is 5.45. The van der Waals surface area contributed by atoms with Crippen molar-refractivity contribution in [3.63, 3.8) is 0 Å². The summed E-state index contributed by atoms with van der Waals surface area (Å²) >= 11 is 4.84. The minimum absolute atomic E-state index is 0.630. The van der Waals surface area contributed by atoms with Crippen molar-refractivity contribution >= 4 is 17.2 Å². The summed E-state index contributed by atoms with van der Waals surface area (Å²) in [5.41, 5.74) is 6.81. The predicted molar refractivity (Wildman–Crippen MR) is 73.4 cm³/mol. The van der Waals surface area contributed by atoms with Gasteiger partial charge < -0.3 is 10.6 Å². The monoisotopic (exact) mass is 236 g/mol. The fourth-order valence-electron chi connectivity index (χ4n) is 1.66. The van der Waals surface area contributed by atoms with Crippen molar-refractivity contribution < 1.29 is 0 Å². The molecule has 3 heteroatoms. The Morgan fingerprint density at radius 3 is 2.56 bits per heavy atom. The molecular weight excluding hydrogens is 216 g/mol. The molecule has 1 aromatic carbocycles. The molecule has 0 unspecified atom stereocenters. The summed E-state index contributed by atoms with van der Waals surface area (Å²) in [6, 6.07) is 10.5. The molecule has 0 aliphatic rings. The smallest absolute Gasteiger partial charge is 0.0727 e. The van der Waals surface area contributed by atoms with Crippen LogP contribution >= 0.6 is 12.2 Å². The lowest BCUT2D eigenvalue weighted by molar-refractivity contribution is 0.319. The number of rotatable bonds is 7. The first-order chi connectivity index (χ1) is 7.68. The quantitative estimate of drug-likeness (QED) is 0.583. The van der Waals surface area contributed by atoms with Gasteiger partial charge in [0.15, 0.2) is 0 Å². The molecule has 0 radical (unpaired) electrons. The summed E-state index contributed by atoms with van der Waals surface area (Å²) in [5, 5.41) is 0. The molecule has 1 aromatic rings. The van der Waals surface area contributed by atoms with Crippen molar-refractivity contribution in [2.75, 3.05) is 13.6 Å². The third-order valence-corrected chi connectivity index (χ3v) is 2.71. The van der Waals surface area contributed by atoms with Gasteiger partial charge >= 0.3 is 0 Å². The number of hydrogen-bond acceptors (Lipinski definition) is 2. The molecule has 0 aliphatic carbocycles. The number of thiocarbonyl (C=S) groups is 1. The summed E-state index contributed by atoms with van der Waals surface area (Å²) in [5.74, 6) is 0. The van der Waals surface area contributed by atoms with Gasteiger partial charge in [-0.25, -0.2) is 0 Å². The zero-order valence-corrected chi connectivity index (χ0v) is 10.7. The van der Waals surface area contributed by atoms with Gasteiger partial charge in [-0.05, 0) is 38.4 Å². The minimum Gasteiger partial charge on any atom is -0.393 e. The average Bonchev–Trinajstić information content (AvgIpc) is 2.25. The van der Waals surface area contributed by atoms with Crippen molar-refractivity contribution in [1.29, 1.82) is 0 Å². The molecule has 0 bridgehead atoms. The molecule has 0 spiro atoms. The van der Waals surface area contributed by atoms with E-state index in [9.17, 15) is 0 Å². The topological polar surface area (TPSA) is 29.3 Å². The van der Waals surface area contributed by atoms with Crippen molar-refractivity contribution in [2.24, 2.45) is 5.73 Å². The van der Waals surface area contributed by atoms with Gasteiger partial charge in [-0.3, -0.25) is 0 Å². The Labute approximate surface area is 103 Å². The number of benzene rings is 1. The van der Waals surface area contributed by atoms with Gasteiger partial charge in [0, 0.05) is 6.54 Å². The van der Waals surface area contributed by atoms with Gasteiger partial charge in [0.1, 0.15) is 0 Å². The minimum atomic E-state index is 0.630. The van der Waals surface area contributed by atoms with Crippen molar-refractivity contribution in [1.82, 2.24) is 4.90 Å². The van der Waals surface area contributed by atoms with Gasteiger partial charge in [0.2, 0.25) is 0 Å². The lowest BCUT2D eigenvalue weighted by atomic mass is 10.2. The van der Waals surface area contributed by atoms with Crippen molar-refractivity contribution in [2.45, 2.75) is 25.8 Å². The zero-order chi connectivity index (χ0) is 11.8. The molecular formula is C13H20N2S. The van der Waals surface area contributed by atoms with E-state index in [4.69, 9.17) is 18.0 Å². The van der Waals surface area contributed by atoms with Crippen LogP contribution in [0, 0.1) is 0 Å². The van der Waals surface area contributed by atoms with Crippen LogP contribution in [0.25, 0.3) is 0 Å². The molecule has 0 heterocycles. The van der Waals surface area contributed by atoms with Crippen LogP contribution in [0.4, 0.5) is 0 Å². The van der Waals surface area contributed by atoms with E-state index in [2.05, 4.69) is 36.2 Å². The van der Waals surface area contributed by atoms with E-state index in [0.717, 1.165) is 32.4 Å². The van der Waals surface area contributed by atoms with E-state index in [1.54, 1.807) is 0 Å². The first kappa shape index (κ1) is 13.1. The molecule has 0 atom stereocenters. The van der Waals surface area contributed by atoms with Gasteiger partial charge in [0.25, 0.3) is 0 Å². The highest BCUT2D eigenvalue weighted by Crippen LogP contribution is 2.04. The van der Waals surface area contributed by atoms with Gasteiger partial charge in [-0.2, -0.15) is 0 Å². The maximum Gasteiger partial charge on any atom is 0.0727 e. The van der Waals surface area contributed by atoms with Crippen LogP contribution < -0.4 is 5.73 Å². The average molecular weight is 236 g/mol. The fourth-order valence-corrected chi connectivity index (χ4v) is 1.80. The first-order valence-electron chi connectivity index (χ1n) is 5.69. The second-order valence-electron chi connectivity index (χ2n) is 4.15. The van der Waals surface area contributed by atoms with Gasteiger partial charge in [-0.15, -0.1) is 0 Å². The highest BCUT2D eigenvalue weighted by molar-refractivity contribution is 7.80. The van der Waals surface area contributed by atoms with E-state index in [-0.39, 0.29) is 0 Å². The SMILES string of the molecule is CN(CCCCC(N)=S)Cc1ccccc1. The lowest BCUT2D eigenvalue weighted by Gasteiger charge is -2.16. The standard InChI is InChI=1S/C13H20N2S/c1-15(10-6-5-9-13(14)16)11-12-7-3-2-4-8-12/h2-4,7-8H,5-6,9-11H2,1H3,(H2,14,16). The Hall–Kier alpha value is -0.930. The molecule has 0 saturated heterocycles. The van der Waals surface area contributed by atoms with E-state index >= 15 is 0 Å². The third kappa shape index (κ3) is 5.83. The molecule has 0 aromatic heterocycles. The number of unbranched alkanes of at least 4 members (excludes halogenated alkanes) is 1. The summed E-state index contributed by atoms with van der Waals surface area (Å²) in [6.07, 6.45) is 3.11. The highest BCUT2D eigenvalue weighted by Gasteiger charge is 1.99. The van der Waals surface area contributed by atoms with E-state index < -0.39 is 0 Å². The first-order valence-corrected chi connectivity index (χ1v) is 6.10. The highest BCUT2D eigenvalue weighted by atomic mass is 32.1. The van der Waals surface area contributed by atoms with E-state index in [1.807, 2.05) is 6.07 Å². The predicted octanol–water partition coefficient (Wildman–Crippen LogP) is 2.57. The Kier molecular flexibility index (Phi) is 6.04. The molecule has 1 rings (SSSR count). The summed E-state index contributed by atoms with van der Waals surface area (Å²) < 4.78 is 0. The molecule has 2 nitrogen and oxygen atoms in total. The number of nitrogens with zero attached hydrogens (tertiary/aromatic N) is 1. The Morgan fingerprint density at radius 1 is 1.25 bits per heavy atom. The van der Waals surface area contributed by atoms with Crippen molar-refractivity contribution in [3.05, 3.63) is 35.9 Å². The summed E-state index contributed by atoms with van der Waals surface area (Å²) in [7, 11) is 2.15. The van der Waals surface area contributed by atoms with Crippen molar-refractivity contribution in [3.8, 4) is 0 Å². The number of nitrogens with two attached hydrogens (primary N) is 1. The zero-order valence-electron chi connectivity index (χ0n) is 9.86. The Bertz CT molecular complexity index is 311. The second kappa shape index (κ2) is 7.36. The van der Waals surface area contributed by atoms with Crippen LogP contribution in [0.15, 0.2) is 30.3 Å². The van der Waals surface area contributed by atoms with Gasteiger partial charge in [-0.1, -0.05) is 42.5 Å². The van der Waals surface area contributed by atoms with Crippen LogP contribution in [0.3, 0.4) is 0 Å². The van der Waals surface area contributed by atoms with Crippen LogP contribution in [-0.4, -0.2) is 23.5 Å². The van der Waals surface area contributed by atoms with Crippen LogP contribution in [-0.2, 0) is 6.54 Å². The molecule has 0 aliphatic heterocycles. The van der Waals surface area contributed by atoms with E-state index in [1.165, 1.54) is 5.56 Å². The molecule has 88 valence electrons. The van der Waals surface area contributed by atoms with Crippen LogP contribution in [0.2, 0.25) is 0 Å². The summed E-state index contributed by atoms with van der Waals surface area (Å²) in [6.45, 7) is 2.10. The number of hydrogen-bond donors (Lipinski definition) is 1. The fraction of sp³-hybridized carbons (Fsp3) is 0.462. The van der Waals surface area contributed by atoms with E-state index in [0.29, 0.717) is 4.99 Å². The molecule has 16 heavy (non-hydrogen) atoms. The molecule has 0 saturated carbocycles. The maximum absolute atomic E-state index is 5.45. The lowest BCUT2D eigenvalue weighted by Crippen LogP contribution is -2.19. The van der Waals surface area contributed by atoms with Crippen LogP contribution in [0.1, 0.15) is 24.8 Å². The third-order valence-electron chi connectivity index (χ3n) is 2.51. The normalized spacial score (nSPS) is 10.6. The molecule has 2 N–H and O–H groups in total. The Morgan fingerprint density at radius 2 is 1.94 bits per heavy atom. The second-order valence-corrected chi connectivity index (χ2v) is 4.67. The molecule has 0 amide bonds. The van der Waals surface area contributed by atoms with Gasteiger partial charge in [0.05, 0.1) is 4.99 Å². The molecule has 0 fully saturated rings.